The van der Waals surface area contributed by atoms with E-state index in [2.05, 4.69) is 33.0 Å². The van der Waals surface area contributed by atoms with E-state index in [0.29, 0.717) is 6.54 Å². The van der Waals surface area contributed by atoms with Crippen molar-refractivity contribution in [3.8, 4) is 0 Å². The lowest BCUT2D eigenvalue weighted by Crippen LogP contribution is -2.09. The number of pyridine rings is 1. The van der Waals surface area contributed by atoms with Crippen molar-refractivity contribution >= 4 is 27.7 Å². The average Bonchev–Trinajstić information content (AvgIpc) is 2.39. The zero-order valence-corrected chi connectivity index (χ0v) is 11.6. The summed E-state index contributed by atoms with van der Waals surface area (Å²) in [6.07, 6.45) is 3.61. The Labute approximate surface area is 114 Å². The van der Waals surface area contributed by atoms with Crippen LogP contribution >= 0.6 is 27.7 Å². The van der Waals surface area contributed by atoms with Crippen LogP contribution in [0.25, 0.3) is 0 Å². The normalized spacial score (nSPS) is 12.4. The van der Waals surface area contributed by atoms with E-state index in [0.717, 1.165) is 4.47 Å². The third-order valence-electron chi connectivity index (χ3n) is 2.38. The molecule has 0 aliphatic carbocycles. The molecule has 0 bridgehead atoms. The number of nitrogens with two attached hydrogens (primary N) is 1. The molecule has 0 saturated carbocycles. The van der Waals surface area contributed by atoms with Gasteiger partial charge >= 0.3 is 0 Å². The van der Waals surface area contributed by atoms with Crippen LogP contribution in [-0.2, 0) is 0 Å². The Balaban J connectivity index is 2.13. The van der Waals surface area contributed by atoms with Gasteiger partial charge in [-0.1, -0.05) is 15.9 Å². The van der Waals surface area contributed by atoms with Crippen molar-refractivity contribution in [1.29, 1.82) is 0 Å². The molecular weight excluding hydrogens is 296 g/mol. The molecule has 1 unspecified atom stereocenters. The highest BCUT2D eigenvalue weighted by Crippen LogP contribution is 2.34. The molecule has 0 aliphatic heterocycles. The maximum absolute atomic E-state index is 5.83. The second kappa shape index (κ2) is 6.19. The predicted octanol–water partition coefficient (Wildman–Crippen LogP) is 3.64. The molecule has 2 nitrogen and oxygen atoms in total. The van der Waals surface area contributed by atoms with Gasteiger partial charge in [0.1, 0.15) is 0 Å². The molecule has 0 aliphatic rings. The fraction of sp³-hybridized carbons (Fsp3) is 0.154. The van der Waals surface area contributed by atoms with E-state index in [1.165, 1.54) is 10.5 Å². The Morgan fingerprint density at radius 2 is 1.76 bits per heavy atom. The first-order valence-corrected chi connectivity index (χ1v) is 6.99. The lowest BCUT2D eigenvalue weighted by molar-refractivity contribution is 0.937. The Morgan fingerprint density at radius 3 is 2.35 bits per heavy atom. The summed E-state index contributed by atoms with van der Waals surface area (Å²) in [7, 11) is 0. The van der Waals surface area contributed by atoms with Crippen molar-refractivity contribution in [1.82, 2.24) is 4.98 Å². The minimum atomic E-state index is 0.277. The lowest BCUT2D eigenvalue weighted by atomic mass is 10.2. The van der Waals surface area contributed by atoms with Gasteiger partial charge in [0, 0.05) is 33.6 Å². The highest BCUT2D eigenvalue weighted by molar-refractivity contribution is 9.10. The van der Waals surface area contributed by atoms with E-state index in [-0.39, 0.29) is 5.25 Å². The molecule has 4 heteroatoms. The van der Waals surface area contributed by atoms with Gasteiger partial charge in [-0.25, -0.2) is 0 Å². The van der Waals surface area contributed by atoms with Gasteiger partial charge in [0.05, 0.1) is 0 Å². The topological polar surface area (TPSA) is 38.9 Å². The SMILES string of the molecule is NCC(Sc1ccc(Br)cc1)c1ccncc1. The summed E-state index contributed by atoms with van der Waals surface area (Å²) in [5, 5.41) is 0.277. The van der Waals surface area contributed by atoms with Crippen molar-refractivity contribution in [3.63, 3.8) is 0 Å². The molecule has 0 saturated heterocycles. The first kappa shape index (κ1) is 12.6. The Morgan fingerprint density at radius 1 is 1.12 bits per heavy atom. The van der Waals surface area contributed by atoms with Gasteiger partial charge in [0.2, 0.25) is 0 Å². The molecule has 1 atom stereocenters. The van der Waals surface area contributed by atoms with Crippen LogP contribution < -0.4 is 5.73 Å². The van der Waals surface area contributed by atoms with Gasteiger partial charge < -0.3 is 5.73 Å². The number of thioether (sulfide) groups is 1. The Kier molecular flexibility index (Phi) is 4.59. The molecule has 0 amide bonds. The van der Waals surface area contributed by atoms with E-state index in [4.69, 9.17) is 5.73 Å². The van der Waals surface area contributed by atoms with Crippen molar-refractivity contribution in [2.45, 2.75) is 10.1 Å². The van der Waals surface area contributed by atoms with Crippen LogP contribution in [0.2, 0.25) is 0 Å². The quantitative estimate of drug-likeness (QED) is 0.877. The van der Waals surface area contributed by atoms with Crippen LogP contribution in [0.4, 0.5) is 0 Å². The van der Waals surface area contributed by atoms with E-state index < -0.39 is 0 Å². The second-order valence-electron chi connectivity index (χ2n) is 3.58. The standard InChI is InChI=1S/C13H13BrN2S/c14-11-1-3-12(4-2-11)17-13(9-15)10-5-7-16-8-6-10/h1-8,13H,9,15H2. The van der Waals surface area contributed by atoms with E-state index in [1.807, 2.05) is 24.3 Å². The number of hydrogen-bond donors (Lipinski definition) is 1. The molecular formula is C13H13BrN2S. The number of hydrogen-bond acceptors (Lipinski definition) is 3. The largest absolute Gasteiger partial charge is 0.329 e. The van der Waals surface area contributed by atoms with Crippen LogP contribution in [0, 0.1) is 0 Å². The first-order valence-electron chi connectivity index (χ1n) is 5.32. The average molecular weight is 309 g/mol. The molecule has 88 valence electrons. The van der Waals surface area contributed by atoms with Crippen LogP contribution in [0.5, 0.6) is 0 Å². The van der Waals surface area contributed by atoms with Crippen molar-refractivity contribution in [3.05, 3.63) is 58.8 Å². The molecule has 0 fully saturated rings. The van der Waals surface area contributed by atoms with Gasteiger partial charge in [-0.15, -0.1) is 11.8 Å². The summed E-state index contributed by atoms with van der Waals surface area (Å²) in [4.78, 5) is 5.25. The minimum Gasteiger partial charge on any atom is -0.329 e. The number of aromatic nitrogens is 1. The fourth-order valence-electron chi connectivity index (χ4n) is 1.51. The molecule has 1 aromatic heterocycles. The summed E-state index contributed by atoms with van der Waals surface area (Å²) >= 11 is 5.21. The zero-order chi connectivity index (χ0) is 12.1. The highest BCUT2D eigenvalue weighted by atomic mass is 79.9. The smallest absolute Gasteiger partial charge is 0.0467 e. The third kappa shape index (κ3) is 3.56. The molecule has 1 aromatic carbocycles. The van der Waals surface area contributed by atoms with Gasteiger partial charge in [0.25, 0.3) is 0 Å². The van der Waals surface area contributed by atoms with E-state index in [1.54, 1.807) is 24.2 Å². The monoisotopic (exact) mass is 308 g/mol. The van der Waals surface area contributed by atoms with Gasteiger partial charge in [-0.3, -0.25) is 4.98 Å². The summed E-state index contributed by atoms with van der Waals surface area (Å²) in [5.41, 5.74) is 7.05. The van der Waals surface area contributed by atoms with Crippen molar-refractivity contribution in [2.24, 2.45) is 5.73 Å². The predicted molar refractivity (Wildman–Crippen MR) is 76.0 cm³/mol. The first-order chi connectivity index (χ1) is 8.29. The highest BCUT2D eigenvalue weighted by Gasteiger charge is 2.10. The molecule has 0 spiro atoms. The number of halogens is 1. The fourth-order valence-corrected chi connectivity index (χ4v) is 2.78. The van der Waals surface area contributed by atoms with Crippen LogP contribution in [0.3, 0.4) is 0 Å². The molecule has 2 aromatic rings. The second-order valence-corrected chi connectivity index (χ2v) is 5.77. The zero-order valence-electron chi connectivity index (χ0n) is 9.21. The van der Waals surface area contributed by atoms with Gasteiger partial charge in [-0.2, -0.15) is 0 Å². The Bertz CT molecular complexity index is 459. The molecule has 2 N–H and O–H groups in total. The van der Waals surface area contributed by atoms with Crippen LogP contribution in [-0.4, -0.2) is 11.5 Å². The number of nitrogens with zero attached hydrogens (tertiary/aromatic N) is 1. The van der Waals surface area contributed by atoms with Crippen molar-refractivity contribution in [2.75, 3.05) is 6.54 Å². The summed E-state index contributed by atoms with van der Waals surface area (Å²) in [6.45, 7) is 0.616. The molecule has 2 rings (SSSR count). The van der Waals surface area contributed by atoms with Gasteiger partial charge in [0.15, 0.2) is 0 Å². The van der Waals surface area contributed by atoms with Crippen LogP contribution in [0.1, 0.15) is 10.8 Å². The molecule has 1 heterocycles. The minimum absolute atomic E-state index is 0.277. The van der Waals surface area contributed by atoms with E-state index in [9.17, 15) is 0 Å². The maximum atomic E-state index is 5.83. The van der Waals surface area contributed by atoms with E-state index >= 15 is 0 Å². The molecule has 0 radical (unpaired) electrons. The van der Waals surface area contributed by atoms with Gasteiger partial charge in [-0.05, 0) is 42.0 Å². The molecule has 17 heavy (non-hydrogen) atoms. The number of rotatable bonds is 4. The maximum Gasteiger partial charge on any atom is 0.0467 e. The third-order valence-corrected chi connectivity index (χ3v) is 4.21. The van der Waals surface area contributed by atoms with Crippen molar-refractivity contribution < 1.29 is 0 Å². The summed E-state index contributed by atoms with van der Waals surface area (Å²) < 4.78 is 1.09. The van der Waals surface area contributed by atoms with Crippen LogP contribution in [0.15, 0.2) is 58.2 Å². The summed E-state index contributed by atoms with van der Waals surface area (Å²) in [5.74, 6) is 0. The lowest BCUT2D eigenvalue weighted by Gasteiger charge is -2.14. The number of benzene rings is 1. The summed E-state index contributed by atoms with van der Waals surface area (Å²) in [6, 6.07) is 12.3. The Hall–Kier alpha value is -0.840.